The van der Waals surface area contributed by atoms with Gasteiger partial charge in [-0.25, -0.2) is 0 Å². The van der Waals surface area contributed by atoms with Gasteiger partial charge in [-0.1, -0.05) is 57.7 Å². The summed E-state index contributed by atoms with van der Waals surface area (Å²) in [5.41, 5.74) is 4.98. The maximum atomic E-state index is 2.58. The van der Waals surface area contributed by atoms with Crippen molar-refractivity contribution in [2.75, 3.05) is 0 Å². The second-order valence-corrected chi connectivity index (χ2v) is 7.91. The van der Waals surface area contributed by atoms with Crippen molar-refractivity contribution in [1.29, 1.82) is 0 Å². The van der Waals surface area contributed by atoms with Gasteiger partial charge in [0, 0.05) is 0 Å². The van der Waals surface area contributed by atoms with Crippen LogP contribution in [0.25, 0.3) is 0 Å². The second kappa shape index (κ2) is 7.66. The fraction of sp³-hybridized carbons (Fsp3) is 0.727. The number of unbranched alkanes of at least 4 members (excludes halogenated alkanes) is 1. The monoisotopic (exact) mass is 298 g/mol. The lowest BCUT2D eigenvalue weighted by atomic mass is 9.75. The molecule has 2 aliphatic carbocycles. The molecule has 1 saturated carbocycles. The number of hydrogen-bond acceptors (Lipinski definition) is 0. The molecule has 122 valence electrons. The molecule has 0 spiro atoms. The molecular weight excluding hydrogens is 264 g/mol. The largest absolute Gasteiger partial charge is 0.0654 e. The molecule has 1 aromatic carbocycles. The van der Waals surface area contributed by atoms with Crippen LogP contribution in [0.1, 0.15) is 94.2 Å². The first-order chi connectivity index (χ1) is 10.8. The van der Waals surface area contributed by atoms with Crippen LogP contribution in [-0.2, 0) is 12.8 Å². The van der Waals surface area contributed by atoms with Gasteiger partial charge < -0.3 is 0 Å². The zero-order valence-electron chi connectivity index (χ0n) is 14.7. The normalized spacial score (nSPS) is 28.4. The van der Waals surface area contributed by atoms with E-state index < -0.39 is 0 Å². The van der Waals surface area contributed by atoms with Crippen LogP contribution in [0.3, 0.4) is 0 Å². The highest BCUT2D eigenvalue weighted by Crippen LogP contribution is 2.39. The van der Waals surface area contributed by atoms with Crippen molar-refractivity contribution in [1.82, 2.24) is 0 Å². The highest BCUT2D eigenvalue weighted by atomic mass is 14.3. The van der Waals surface area contributed by atoms with Crippen molar-refractivity contribution in [2.24, 2.45) is 11.8 Å². The van der Waals surface area contributed by atoms with Gasteiger partial charge in [-0.2, -0.15) is 0 Å². The van der Waals surface area contributed by atoms with Crippen LogP contribution in [0.15, 0.2) is 18.2 Å². The maximum absolute atomic E-state index is 2.58. The molecule has 2 aliphatic rings. The van der Waals surface area contributed by atoms with E-state index in [-0.39, 0.29) is 0 Å². The van der Waals surface area contributed by atoms with Crippen molar-refractivity contribution >= 4 is 0 Å². The Balaban J connectivity index is 1.60. The summed E-state index contributed by atoms with van der Waals surface area (Å²) in [5.74, 6) is 2.82. The Labute approximate surface area is 137 Å². The van der Waals surface area contributed by atoms with E-state index in [1.807, 2.05) is 0 Å². The molecule has 0 bridgehead atoms. The van der Waals surface area contributed by atoms with Gasteiger partial charge in [0.2, 0.25) is 0 Å². The van der Waals surface area contributed by atoms with Crippen LogP contribution in [0.5, 0.6) is 0 Å². The van der Waals surface area contributed by atoms with Gasteiger partial charge in [0.25, 0.3) is 0 Å². The Kier molecular flexibility index (Phi) is 5.61. The van der Waals surface area contributed by atoms with Gasteiger partial charge in [-0.3, -0.25) is 0 Å². The predicted molar refractivity (Wildman–Crippen MR) is 96.5 cm³/mol. The summed E-state index contributed by atoms with van der Waals surface area (Å²) in [4.78, 5) is 0. The minimum atomic E-state index is 0.854. The van der Waals surface area contributed by atoms with Gasteiger partial charge in [0.1, 0.15) is 0 Å². The average Bonchev–Trinajstić information content (AvgIpc) is 2.59. The molecule has 22 heavy (non-hydrogen) atoms. The lowest BCUT2D eigenvalue weighted by Gasteiger charge is -2.30. The summed E-state index contributed by atoms with van der Waals surface area (Å²) in [6.07, 6.45) is 15.5. The standard InChI is InChI=1S/C22H34/c1-3-5-6-18-8-10-19(11-9-18)21-14-13-20-15-17(4-2)7-12-22(20)16-21/h13-14,16-19H,3-12,15H2,1-2H3. The van der Waals surface area contributed by atoms with E-state index in [1.165, 1.54) is 70.6 Å². The summed E-state index contributed by atoms with van der Waals surface area (Å²) in [7, 11) is 0. The smallest absolute Gasteiger partial charge is 0.0162 e. The van der Waals surface area contributed by atoms with E-state index in [4.69, 9.17) is 0 Å². The van der Waals surface area contributed by atoms with E-state index in [1.54, 1.807) is 16.7 Å². The van der Waals surface area contributed by atoms with Crippen LogP contribution in [0, 0.1) is 11.8 Å². The molecule has 0 heterocycles. The Morgan fingerprint density at radius 2 is 1.73 bits per heavy atom. The minimum Gasteiger partial charge on any atom is -0.0654 e. The lowest BCUT2D eigenvalue weighted by molar-refractivity contribution is 0.304. The SMILES string of the molecule is CCCCC1CCC(c2ccc3c(c2)CCC(CC)C3)CC1. The molecule has 1 unspecified atom stereocenters. The Bertz CT molecular complexity index is 465. The first-order valence-corrected chi connectivity index (χ1v) is 9.91. The molecule has 0 heteroatoms. The molecule has 0 nitrogen and oxygen atoms in total. The first-order valence-electron chi connectivity index (χ1n) is 9.91. The zero-order valence-corrected chi connectivity index (χ0v) is 14.7. The third kappa shape index (κ3) is 3.76. The summed E-state index contributed by atoms with van der Waals surface area (Å²) >= 11 is 0. The molecule has 3 rings (SSSR count). The van der Waals surface area contributed by atoms with Gasteiger partial charge in [0.15, 0.2) is 0 Å². The third-order valence-corrected chi connectivity index (χ3v) is 6.42. The van der Waals surface area contributed by atoms with Crippen LogP contribution >= 0.6 is 0 Å². The van der Waals surface area contributed by atoms with Gasteiger partial charge >= 0.3 is 0 Å². The topological polar surface area (TPSA) is 0 Å². The molecule has 1 atom stereocenters. The van der Waals surface area contributed by atoms with E-state index in [9.17, 15) is 0 Å². The summed E-state index contributed by atoms with van der Waals surface area (Å²) < 4.78 is 0. The van der Waals surface area contributed by atoms with E-state index >= 15 is 0 Å². The summed E-state index contributed by atoms with van der Waals surface area (Å²) in [5, 5.41) is 0. The first kappa shape index (κ1) is 16.1. The molecule has 0 aliphatic heterocycles. The predicted octanol–water partition coefficient (Wildman–Crippen LogP) is 6.67. The second-order valence-electron chi connectivity index (χ2n) is 7.91. The van der Waals surface area contributed by atoms with Crippen molar-refractivity contribution in [3.05, 3.63) is 34.9 Å². The van der Waals surface area contributed by atoms with Gasteiger partial charge in [0.05, 0.1) is 0 Å². The molecule has 0 saturated heterocycles. The molecule has 0 amide bonds. The number of hydrogen-bond donors (Lipinski definition) is 0. The molecule has 0 radical (unpaired) electrons. The number of benzene rings is 1. The van der Waals surface area contributed by atoms with Crippen molar-refractivity contribution < 1.29 is 0 Å². The van der Waals surface area contributed by atoms with Crippen molar-refractivity contribution in [2.45, 2.75) is 90.4 Å². The van der Waals surface area contributed by atoms with Crippen LogP contribution in [0.4, 0.5) is 0 Å². The van der Waals surface area contributed by atoms with E-state index in [0.717, 1.165) is 17.8 Å². The zero-order chi connectivity index (χ0) is 15.4. The molecule has 0 N–H and O–H groups in total. The van der Waals surface area contributed by atoms with E-state index in [0.29, 0.717) is 0 Å². The Morgan fingerprint density at radius 1 is 0.909 bits per heavy atom. The Hall–Kier alpha value is -0.780. The number of fused-ring (bicyclic) bond motifs is 1. The van der Waals surface area contributed by atoms with Gasteiger partial charge in [-0.15, -0.1) is 0 Å². The lowest BCUT2D eigenvalue weighted by Crippen LogP contribution is -2.16. The average molecular weight is 299 g/mol. The minimum absolute atomic E-state index is 0.854. The van der Waals surface area contributed by atoms with Crippen LogP contribution in [-0.4, -0.2) is 0 Å². The van der Waals surface area contributed by atoms with Crippen molar-refractivity contribution in [3.63, 3.8) is 0 Å². The van der Waals surface area contributed by atoms with Crippen molar-refractivity contribution in [3.8, 4) is 0 Å². The molecular formula is C22H34. The molecule has 1 aromatic rings. The third-order valence-electron chi connectivity index (χ3n) is 6.42. The van der Waals surface area contributed by atoms with E-state index in [2.05, 4.69) is 32.0 Å². The van der Waals surface area contributed by atoms with Crippen LogP contribution < -0.4 is 0 Å². The fourth-order valence-corrected chi connectivity index (χ4v) is 4.73. The molecule has 0 aromatic heterocycles. The number of aryl methyl sites for hydroxylation is 1. The summed E-state index contributed by atoms with van der Waals surface area (Å²) in [6, 6.07) is 7.52. The summed E-state index contributed by atoms with van der Waals surface area (Å²) in [6.45, 7) is 4.67. The quantitative estimate of drug-likeness (QED) is 0.569. The fourth-order valence-electron chi connectivity index (χ4n) is 4.73. The Morgan fingerprint density at radius 3 is 2.45 bits per heavy atom. The highest BCUT2D eigenvalue weighted by Gasteiger charge is 2.24. The molecule has 1 fully saturated rings. The number of rotatable bonds is 5. The van der Waals surface area contributed by atoms with Gasteiger partial charge in [-0.05, 0) is 79.4 Å². The maximum Gasteiger partial charge on any atom is -0.0162 e. The highest BCUT2D eigenvalue weighted by molar-refractivity contribution is 5.36. The van der Waals surface area contributed by atoms with Crippen LogP contribution in [0.2, 0.25) is 0 Å².